The minimum absolute atomic E-state index is 0.0237. The van der Waals surface area contributed by atoms with E-state index in [1.54, 1.807) is 19.1 Å². The summed E-state index contributed by atoms with van der Waals surface area (Å²) >= 11 is 0.885. The van der Waals surface area contributed by atoms with Crippen LogP contribution in [0.5, 0.6) is 0 Å². The molecule has 0 radical (unpaired) electrons. The van der Waals surface area contributed by atoms with E-state index in [1.807, 2.05) is 0 Å². The summed E-state index contributed by atoms with van der Waals surface area (Å²) < 4.78 is 13.6. The standard InChI is InChI=1S/C17H14FN5O3S/c1-17(7-14(24)22(2)16(20)21-17)13-6-11(15(27-13)23(25)26)9-3-4-12(18)10(5-9)8-19/h3-6H,7H2,1-2H3,(H2,20,21)/t17-/m0/s1. The highest BCUT2D eigenvalue weighted by Gasteiger charge is 2.40. The summed E-state index contributed by atoms with van der Waals surface area (Å²) in [5.41, 5.74) is -0.625. The molecule has 1 amide bonds. The Hall–Kier alpha value is -3.32. The number of nitrogens with one attached hydrogen (secondary N) is 2. The van der Waals surface area contributed by atoms with Crippen LogP contribution in [-0.2, 0) is 10.3 Å². The second-order valence-corrected chi connectivity index (χ2v) is 7.36. The summed E-state index contributed by atoms with van der Waals surface area (Å²) in [4.78, 5) is 24.8. The Morgan fingerprint density at radius 1 is 1.48 bits per heavy atom. The van der Waals surface area contributed by atoms with Crippen LogP contribution in [0.25, 0.3) is 11.1 Å². The van der Waals surface area contributed by atoms with Crippen molar-refractivity contribution in [2.75, 3.05) is 7.05 Å². The first-order chi connectivity index (χ1) is 12.7. The highest BCUT2D eigenvalue weighted by atomic mass is 32.1. The normalized spacial score (nSPS) is 19.6. The second kappa shape index (κ2) is 6.44. The van der Waals surface area contributed by atoms with Crippen LogP contribution in [0.3, 0.4) is 0 Å². The Balaban J connectivity index is 2.12. The highest BCUT2D eigenvalue weighted by molar-refractivity contribution is 7.16. The summed E-state index contributed by atoms with van der Waals surface area (Å²) in [5, 5.41) is 31.2. The number of benzene rings is 1. The molecule has 1 fully saturated rings. The van der Waals surface area contributed by atoms with Crippen LogP contribution >= 0.6 is 11.3 Å². The fraction of sp³-hybridized carbons (Fsp3) is 0.235. The van der Waals surface area contributed by atoms with E-state index >= 15 is 0 Å². The first-order valence-corrected chi connectivity index (χ1v) is 8.60. The van der Waals surface area contributed by atoms with E-state index in [0.29, 0.717) is 10.4 Å². The molecule has 0 bridgehead atoms. The number of nitriles is 1. The molecule has 27 heavy (non-hydrogen) atoms. The zero-order valence-electron chi connectivity index (χ0n) is 14.4. The van der Waals surface area contributed by atoms with E-state index in [2.05, 4.69) is 5.32 Å². The van der Waals surface area contributed by atoms with Crippen molar-refractivity contribution >= 4 is 28.2 Å². The lowest BCUT2D eigenvalue weighted by Crippen LogP contribution is -2.57. The van der Waals surface area contributed by atoms with Crippen molar-refractivity contribution in [1.82, 2.24) is 10.2 Å². The zero-order valence-corrected chi connectivity index (χ0v) is 15.2. The topological polar surface area (TPSA) is 123 Å². The average molecular weight is 387 g/mol. The Morgan fingerprint density at radius 2 is 2.19 bits per heavy atom. The van der Waals surface area contributed by atoms with Gasteiger partial charge in [0.1, 0.15) is 11.9 Å². The van der Waals surface area contributed by atoms with Crippen LogP contribution in [0.2, 0.25) is 0 Å². The molecule has 2 aromatic rings. The van der Waals surface area contributed by atoms with Crippen molar-refractivity contribution in [3.8, 4) is 17.2 Å². The van der Waals surface area contributed by atoms with Crippen molar-refractivity contribution in [1.29, 1.82) is 10.7 Å². The number of carbonyl (C=O) groups excluding carboxylic acids is 1. The summed E-state index contributed by atoms with van der Waals surface area (Å²) in [6.07, 6.45) is 0.0237. The maximum atomic E-state index is 13.6. The molecule has 0 aliphatic carbocycles. The van der Waals surface area contributed by atoms with Crippen molar-refractivity contribution in [2.24, 2.45) is 0 Å². The zero-order chi connectivity index (χ0) is 19.9. The predicted octanol–water partition coefficient (Wildman–Crippen LogP) is 2.94. The Bertz CT molecular complexity index is 1010. The molecular weight excluding hydrogens is 373 g/mol. The molecule has 1 aliphatic heterocycles. The Labute approximate surface area is 157 Å². The van der Waals surface area contributed by atoms with E-state index in [0.717, 1.165) is 17.4 Å². The number of amides is 1. The lowest BCUT2D eigenvalue weighted by atomic mass is 9.92. The van der Waals surface area contributed by atoms with Crippen molar-refractivity contribution in [2.45, 2.75) is 18.9 Å². The van der Waals surface area contributed by atoms with Gasteiger partial charge in [-0.15, -0.1) is 0 Å². The average Bonchev–Trinajstić information content (AvgIpc) is 3.06. The van der Waals surface area contributed by atoms with Crippen molar-refractivity contribution in [3.63, 3.8) is 0 Å². The van der Waals surface area contributed by atoms with E-state index in [4.69, 9.17) is 10.7 Å². The minimum Gasteiger partial charge on any atom is -0.345 e. The fourth-order valence-electron chi connectivity index (χ4n) is 2.86. The number of halogens is 1. The van der Waals surface area contributed by atoms with Gasteiger partial charge in [0.15, 0.2) is 5.96 Å². The molecule has 10 heteroatoms. The monoisotopic (exact) mass is 387 g/mol. The summed E-state index contributed by atoms with van der Waals surface area (Å²) in [6.45, 7) is 1.69. The van der Waals surface area contributed by atoms with Crippen LogP contribution in [0.4, 0.5) is 9.39 Å². The van der Waals surface area contributed by atoms with E-state index in [1.165, 1.54) is 24.1 Å². The summed E-state index contributed by atoms with van der Waals surface area (Å²) in [7, 11) is 1.47. The number of carbonyl (C=O) groups is 1. The van der Waals surface area contributed by atoms with Gasteiger partial charge in [-0.2, -0.15) is 5.26 Å². The molecular formula is C17H14FN5O3S. The van der Waals surface area contributed by atoms with Gasteiger partial charge >= 0.3 is 5.00 Å². The predicted molar refractivity (Wildman–Crippen MR) is 96.7 cm³/mol. The number of rotatable bonds is 3. The highest BCUT2D eigenvalue weighted by Crippen LogP contribution is 2.44. The molecule has 1 aromatic carbocycles. The number of nitro groups is 1. The largest absolute Gasteiger partial charge is 0.345 e. The van der Waals surface area contributed by atoms with Gasteiger partial charge in [0.25, 0.3) is 0 Å². The molecule has 8 nitrogen and oxygen atoms in total. The Morgan fingerprint density at radius 3 is 2.78 bits per heavy atom. The first-order valence-electron chi connectivity index (χ1n) is 7.78. The lowest BCUT2D eigenvalue weighted by molar-refractivity contribution is -0.379. The van der Waals surface area contributed by atoms with Gasteiger partial charge in [-0.05, 0) is 30.7 Å². The van der Waals surface area contributed by atoms with Crippen molar-refractivity contribution < 1.29 is 14.1 Å². The SMILES string of the molecule is CN1C(=N)N[C@](C)(c2cc(-c3ccc(F)c(C#N)c3)c([N+](=O)[O-])s2)CC1=O. The van der Waals surface area contributed by atoms with Crippen LogP contribution in [0.15, 0.2) is 24.3 Å². The molecule has 0 unspecified atom stereocenters. The van der Waals surface area contributed by atoms with E-state index < -0.39 is 16.3 Å². The molecule has 0 spiro atoms. The molecule has 138 valence electrons. The van der Waals surface area contributed by atoms with Gasteiger partial charge < -0.3 is 5.32 Å². The number of hydrogen-bond donors (Lipinski definition) is 2. The van der Waals surface area contributed by atoms with Crippen LogP contribution in [0, 0.1) is 32.7 Å². The molecule has 1 aliphatic rings. The van der Waals surface area contributed by atoms with Gasteiger partial charge in [-0.3, -0.25) is 25.2 Å². The lowest BCUT2D eigenvalue weighted by Gasteiger charge is -2.38. The maximum Gasteiger partial charge on any atom is 0.332 e. The van der Waals surface area contributed by atoms with Crippen LogP contribution in [-0.4, -0.2) is 28.7 Å². The number of hydrogen-bond acceptors (Lipinski definition) is 6. The summed E-state index contributed by atoms with van der Waals surface area (Å²) in [5.74, 6) is -1.09. The van der Waals surface area contributed by atoms with Gasteiger partial charge in [0.05, 0.1) is 28.0 Å². The third kappa shape index (κ3) is 3.13. The van der Waals surface area contributed by atoms with E-state index in [9.17, 15) is 19.3 Å². The molecule has 1 aromatic heterocycles. The van der Waals surface area contributed by atoms with Crippen LogP contribution in [0.1, 0.15) is 23.8 Å². The van der Waals surface area contributed by atoms with Gasteiger partial charge in [0.2, 0.25) is 5.91 Å². The maximum absolute atomic E-state index is 13.6. The molecule has 2 heterocycles. The number of nitrogens with zero attached hydrogens (tertiary/aromatic N) is 3. The van der Waals surface area contributed by atoms with Gasteiger partial charge in [0, 0.05) is 11.9 Å². The van der Waals surface area contributed by atoms with Crippen LogP contribution < -0.4 is 5.32 Å². The number of thiophene rings is 1. The number of guanidine groups is 1. The van der Waals surface area contributed by atoms with E-state index in [-0.39, 0.29) is 34.4 Å². The smallest absolute Gasteiger partial charge is 0.332 e. The molecule has 3 rings (SSSR count). The quantitative estimate of drug-likeness (QED) is 0.619. The molecule has 1 saturated heterocycles. The Kier molecular flexibility index (Phi) is 4.41. The first kappa shape index (κ1) is 18.5. The minimum atomic E-state index is -0.980. The third-order valence-electron chi connectivity index (χ3n) is 4.43. The van der Waals surface area contributed by atoms with Gasteiger partial charge in [-0.1, -0.05) is 17.4 Å². The third-order valence-corrected chi connectivity index (χ3v) is 5.78. The molecule has 0 saturated carbocycles. The fourth-order valence-corrected chi connectivity index (χ4v) is 3.95. The van der Waals surface area contributed by atoms with Gasteiger partial charge in [-0.25, -0.2) is 4.39 Å². The second-order valence-electron chi connectivity index (χ2n) is 6.33. The molecule has 2 N–H and O–H groups in total. The molecule has 1 atom stereocenters. The van der Waals surface area contributed by atoms with Crippen molar-refractivity contribution in [3.05, 3.63) is 50.6 Å². The summed E-state index contributed by atoms with van der Waals surface area (Å²) in [6, 6.07) is 6.98.